The number of anilines is 2. The van der Waals surface area contributed by atoms with E-state index in [-0.39, 0.29) is 24.3 Å². The van der Waals surface area contributed by atoms with Crippen LogP contribution in [0.25, 0.3) is 0 Å². The molecule has 5 N–H and O–H groups in total. The third-order valence-electron chi connectivity index (χ3n) is 1.44. The van der Waals surface area contributed by atoms with E-state index in [4.69, 9.17) is 27.5 Å². The minimum absolute atomic E-state index is 0.0542. The zero-order chi connectivity index (χ0) is 10.6. The molecule has 1 heterocycles. The summed E-state index contributed by atoms with van der Waals surface area (Å²) < 4.78 is 0. The second kappa shape index (κ2) is 4.94. The number of hydrogen-bond acceptors (Lipinski definition) is 6. The number of nitrogens with two attached hydrogens (primary N) is 1. The van der Waals surface area contributed by atoms with Crippen LogP contribution in [0.15, 0.2) is 6.07 Å². The molecular weight excluding hydrogens is 208 g/mol. The molecule has 78 valence electrons. The highest BCUT2D eigenvalue weighted by molar-refractivity contribution is 6.29. The summed E-state index contributed by atoms with van der Waals surface area (Å²) in [6.07, 6.45) is -0.843. The van der Waals surface area contributed by atoms with Crippen molar-refractivity contribution in [3.05, 3.63) is 11.2 Å². The second-order valence-corrected chi connectivity index (χ2v) is 3.04. The van der Waals surface area contributed by atoms with E-state index in [1.165, 1.54) is 6.07 Å². The summed E-state index contributed by atoms with van der Waals surface area (Å²) in [6, 6.07) is 1.47. The van der Waals surface area contributed by atoms with Crippen LogP contribution < -0.4 is 11.1 Å². The van der Waals surface area contributed by atoms with Gasteiger partial charge in [-0.15, -0.1) is 0 Å². The van der Waals surface area contributed by atoms with Crippen molar-refractivity contribution in [2.24, 2.45) is 0 Å². The molecular formula is C7H11ClN4O2. The van der Waals surface area contributed by atoms with E-state index >= 15 is 0 Å². The van der Waals surface area contributed by atoms with Gasteiger partial charge in [0.2, 0.25) is 5.95 Å². The van der Waals surface area contributed by atoms with Gasteiger partial charge in [0, 0.05) is 12.6 Å². The lowest BCUT2D eigenvalue weighted by molar-refractivity contribution is 0.105. The van der Waals surface area contributed by atoms with Gasteiger partial charge in [-0.1, -0.05) is 11.6 Å². The average Bonchev–Trinajstić information content (AvgIpc) is 2.12. The van der Waals surface area contributed by atoms with Gasteiger partial charge in [-0.3, -0.25) is 0 Å². The molecule has 0 bridgehead atoms. The highest BCUT2D eigenvalue weighted by Crippen LogP contribution is 2.11. The summed E-state index contributed by atoms with van der Waals surface area (Å²) in [6.45, 7) is -0.148. The van der Waals surface area contributed by atoms with E-state index < -0.39 is 6.10 Å². The van der Waals surface area contributed by atoms with Gasteiger partial charge in [0.15, 0.2) is 0 Å². The molecule has 0 saturated heterocycles. The van der Waals surface area contributed by atoms with Crippen LogP contribution in [0.3, 0.4) is 0 Å². The van der Waals surface area contributed by atoms with Crippen LogP contribution in [0.4, 0.5) is 11.8 Å². The monoisotopic (exact) mass is 218 g/mol. The maximum Gasteiger partial charge on any atom is 0.223 e. The molecule has 0 aliphatic carbocycles. The van der Waals surface area contributed by atoms with Crippen LogP contribution in [-0.4, -0.2) is 39.4 Å². The number of hydrogen-bond donors (Lipinski definition) is 4. The Bertz CT molecular complexity index is 289. The number of nitrogens with one attached hydrogen (secondary N) is 1. The molecule has 0 amide bonds. The largest absolute Gasteiger partial charge is 0.394 e. The Labute approximate surface area is 85.7 Å². The first-order valence-electron chi connectivity index (χ1n) is 3.94. The summed E-state index contributed by atoms with van der Waals surface area (Å²) in [5.74, 6) is 0.466. The minimum atomic E-state index is -0.843. The van der Waals surface area contributed by atoms with Crippen molar-refractivity contribution >= 4 is 23.4 Å². The maximum absolute atomic E-state index is 9.04. The number of rotatable bonds is 4. The number of nitrogens with zero attached hydrogens (tertiary/aromatic N) is 2. The van der Waals surface area contributed by atoms with Gasteiger partial charge in [0.25, 0.3) is 0 Å². The number of halogens is 1. The number of nitrogen functional groups attached to an aromatic ring is 1. The van der Waals surface area contributed by atoms with E-state index in [2.05, 4.69) is 15.3 Å². The highest BCUT2D eigenvalue weighted by atomic mass is 35.5. The first kappa shape index (κ1) is 11.0. The Morgan fingerprint density at radius 3 is 2.86 bits per heavy atom. The lowest BCUT2D eigenvalue weighted by Gasteiger charge is -2.09. The van der Waals surface area contributed by atoms with Gasteiger partial charge < -0.3 is 21.3 Å². The quantitative estimate of drug-likeness (QED) is 0.507. The predicted molar refractivity (Wildman–Crippen MR) is 53.0 cm³/mol. The molecule has 1 aromatic rings. The summed E-state index contributed by atoms with van der Waals surface area (Å²) in [5.41, 5.74) is 5.34. The molecule has 1 rings (SSSR count). The fourth-order valence-corrected chi connectivity index (χ4v) is 1.00. The minimum Gasteiger partial charge on any atom is -0.394 e. The third-order valence-corrected chi connectivity index (χ3v) is 1.64. The van der Waals surface area contributed by atoms with Crippen molar-refractivity contribution in [1.29, 1.82) is 0 Å². The van der Waals surface area contributed by atoms with E-state index in [0.717, 1.165) is 0 Å². The summed E-state index contributed by atoms with van der Waals surface area (Å²) in [7, 11) is 0. The lowest BCUT2D eigenvalue weighted by atomic mass is 10.4. The van der Waals surface area contributed by atoms with E-state index in [1.807, 2.05) is 0 Å². The molecule has 0 aromatic carbocycles. The van der Waals surface area contributed by atoms with Crippen LogP contribution in [0.1, 0.15) is 0 Å². The molecule has 0 unspecified atom stereocenters. The van der Waals surface area contributed by atoms with Crippen molar-refractivity contribution in [2.45, 2.75) is 6.10 Å². The topological polar surface area (TPSA) is 104 Å². The third kappa shape index (κ3) is 3.33. The average molecular weight is 219 g/mol. The molecule has 1 atom stereocenters. The normalized spacial score (nSPS) is 12.5. The van der Waals surface area contributed by atoms with Crippen molar-refractivity contribution in [3.63, 3.8) is 0 Å². The van der Waals surface area contributed by atoms with Gasteiger partial charge in [-0.2, -0.15) is 4.98 Å². The lowest BCUT2D eigenvalue weighted by Crippen LogP contribution is -2.23. The van der Waals surface area contributed by atoms with Crippen molar-refractivity contribution in [2.75, 3.05) is 24.2 Å². The zero-order valence-corrected chi connectivity index (χ0v) is 8.07. The number of aliphatic hydroxyl groups excluding tert-OH is 2. The Morgan fingerprint density at radius 1 is 1.57 bits per heavy atom. The van der Waals surface area contributed by atoms with Crippen LogP contribution in [-0.2, 0) is 0 Å². The Hall–Kier alpha value is -1.11. The summed E-state index contributed by atoms with van der Waals surface area (Å²) in [4.78, 5) is 7.48. The first-order chi connectivity index (χ1) is 6.61. The molecule has 6 nitrogen and oxygen atoms in total. The molecule has 0 spiro atoms. The standard InChI is InChI=1S/C7H11ClN4O2/c8-5-1-6(12-7(9)11-5)10-2-4(14)3-13/h1,4,13-14H,2-3H2,(H3,9,10,11,12)/t4-/m1/s1. The van der Waals surface area contributed by atoms with Crippen molar-refractivity contribution in [3.8, 4) is 0 Å². The van der Waals surface area contributed by atoms with Crippen LogP contribution in [0, 0.1) is 0 Å². The van der Waals surface area contributed by atoms with Gasteiger partial charge in [0.1, 0.15) is 11.0 Å². The molecule has 0 aliphatic heterocycles. The van der Waals surface area contributed by atoms with Crippen molar-refractivity contribution in [1.82, 2.24) is 9.97 Å². The number of aliphatic hydroxyl groups is 2. The molecule has 0 aliphatic rings. The molecule has 7 heteroatoms. The van der Waals surface area contributed by atoms with Gasteiger partial charge in [-0.05, 0) is 0 Å². The van der Waals surface area contributed by atoms with Gasteiger partial charge in [0.05, 0.1) is 12.7 Å². The fraction of sp³-hybridized carbons (Fsp3) is 0.429. The maximum atomic E-state index is 9.04. The molecule has 0 radical (unpaired) electrons. The fourth-order valence-electron chi connectivity index (χ4n) is 0.813. The summed E-state index contributed by atoms with van der Waals surface area (Å²) in [5, 5.41) is 20.6. The Balaban J connectivity index is 2.58. The van der Waals surface area contributed by atoms with Crippen LogP contribution in [0.5, 0.6) is 0 Å². The van der Waals surface area contributed by atoms with Gasteiger partial charge in [-0.25, -0.2) is 4.98 Å². The number of aromatic nitrogens is 2. The van der Waals surface area contributed by atoms with E-state index in [0.29, 0.717) is 5.82 Å². The zero-order valence-electron chi connectivity index (χ0n) is 7.31. The van der Waals surface area contributed by atoms with Gasteiger partial charge >= 0.3 is 0 Å². The SMILES string of the molecule is Nc1nc(Cl)cc(NC[C@@H](O)CO)n1. The molecule has 1 aromatic heterocycles. The highest BCUT2D eigenvalue weighted by Gasteiger charge is 2.03. The second-order valence-electron chi connectivity index (χ2n) is 2.65. The summed E-state index contributed by atoms with van der Waals surface area (Å²) >= 11 is 5.62. The van der Waals surface area contributed by atoms with Crippen LogP contribution >= 0.6 is 11.6 Å². The molecule has 0 saturated carbocycles. The predicted octanol–water partition coefficient (Wildman–Crippen LogP) is -0.523. The molecule has 14 heavy (non-hydrogen) atoms. The Morgan fingerprint density at radius 2 is 2.29 bits per heavy atom. The van der Waals surface area contributed by atoms with E-state index in [1.54, 1.807) is 0 Å². The molecule has 0 fully saturated rings. The van der Waals surface area contributed by atoms with Crippen LogP contribution in [0.2, 0.25) is 5.15 Å². The smallest absolute Gasteiger partial charge is 0.223 e. The van der Waals surface area contributed by atoms with Crippen molar-refractivity contribution < 1.29 is 10.2 Å². The first-order valence-corrected chi connectivity index (χ1v) is 4.32. The Kier molecular flexibility index (Phi) is 3.87. The van der Waals surface area contributed by atoms with E-state index in [9.17, 15) is 0 Å².